The largest absolute Gasteiger partial charge is 0.439 e. The first kappa shape index (κ1) is 14.0. The highest BCUT2D eigenvalue weighted by molar-refractivity contribution is 9.10. The Hall–Kier alpha value is -1.46. The minimum Gasteiger partial charge on any atom is -0.439 e. The summed E-state index contributed by atoms with van der Waals surface area (Å²) in [5.74, 6) is 1.22. The lowest BCUT2D eigenvalue weighted by atomic mass is 10.1. The van der Waals surface area contributed by atoms with Gasteiger partial charge in [-0.1, -0.05) is 34.2 Å². The Labute approximate surface area is 125 Å². The number of rotatable bonds is 3. The Balaban J connectivity index is 2.31. The molecule has 0 bridgehead atoms. The summed E-state index contributed by atoms with van der Waals surface area (Å²) in [4.78, 5) is 4.51. The Morgan fingerprint density at radius 1 is 1.26 bits per heavy atom. The van der Waals surface area contributed by atoms with Crippen LogP contribution >= 0.6 is 28.1 Å². The maximum atomic E-state index is 5.74. The van der Waals surface area contributed by atoms with Crippen molar-refractivity contribution in [3.8, 4) is 11.6 Å². The number of nitrogens with zero attached hydrogens (tertiary/aromatic N) is 1. The molecule has 2 N–H and O–H groups in total. The molecule has 19 heavy (non-hydrogen) atoms. The molecule has 0 spiro atoms. The van der Waals surface area contributed by atoms with Gasteiger partial charge >= 0.3 is 0 Å². The minimum absolute atomic E-state index is 0.258. The molecule has 2 rings (SSSR count). The maximum absolute atomic E-state index is 5.74. The van der Waals surface area contributed by atoms with Gasteiger partial charge in [0.05, 0.1) is 0 Å². The molecular formula is C14H13BrN2OS. The summed E-state index contributed by atoms with van der Waals surface area (Å²) in [6.07, 6.45) is 0. The normalized spacial score (nSPS) is 10.3. The summed E-state index contributed by atoms with van der Waals surface area (Å²) in [5.41, 5.74) is 8.33. The Morgan fingerprint density at radius 3 is 2.47 bits per heavy atom. The van der Waals surface area contributed by atoms with E-state index in [0.29, 0.717) is 11.6 Å². The van der Waals surface area contributed by atoms with E-state index in [9.17, 15) is 0 Å². The van der Waals surface area contributed by atoms with Crippen molar-refractivity contribution >= 4 is 33.1 Å². The van der Waals surface area contributed by atoms with E-state index in [1.54, 1.807) is 12.1 Å². The second-order valence-corrected chi connectivity index (χ2v) is 5.43. The van der Waals surface area contributed by atoms with Crippen LogP contribution < -0.4 is 10.5 Å². The van der Waals surface area contributed by atoms with Crippen molar-refractivity contribution < 1.29 is 4.74 Å². The van der Waals surface area contributed by atoms with Crippen LogP contribution in [-0.4, -0.2) is 9.97 Å². The lowest BCUT2D eigenvalue weighted by Crippen LogP contribution is -2.11. The summed E-state index contributed by atoms with van der Waals surface area (Å²) in [6.45, 7) is 4.03. The zero-order valence-electron chi connectivity index (χ0n) is 10.6. The molecule has 3 nitrogen and oxygen atoms in total. The first-order chi connectivity index (χ1) is 8.97. The molecule has 0 saturated heterocycles. The lowest BCUT2D eigenvalue weighted by Gasteiger charge is -2.09. The van der Waals surface area contributed by atoms with Gasteiger partial charge in [0, 0.05) is 10.5 Å². The minimum atomic E-state index is 0.258. The van der Waals surface area contributed by atoms with E-state index in [1.807, 2.05) is 32.0 Å². The van der Waals surface area contributed by atoms with E-state index in [2.05, 4.69) is 20.9 Å². The number of hydrogen-bond donors (Lipinski definition) is 1. The number of halogens is 1. The van der Waals surface area contributed by atoms with Crippen molar-refractivity contribution in [3.05, 3.63) is 51.6 Å². The molecule has 98 valence electrons. The van der Waals surface area contributed by atoms with E-state index in [0.717, 1.165) is 21.3 Å². The summed E-state index contributed by atoms with van der Waals surface area (Å²) >= 11 is 8.42. The quantitative estimate of drug-likeness (QED) is 0.864. The fraction of sp³-hybridized carbons (Fsp3) is 0.143. The molecule has 1 heterocycles. The van der Waals surface area contributed by atoms with E-state index < -0.39 is 0 Å². The zero-order chi connectivity index (χ0) is 14.0. The molecule has 1 aromatic heterocycles. The van der Waals surface area contributed by atoms with Crippen molar-refractivity contribution in [1.29, 1.82) is 0 Å². The summed E-state index contributed by atoms with van der Waals surface area (Å²) < 4.78 is 6.83. The predicted molar refractivity (Wildman–Crippen MR) is 83.8 cm³/mol. The number of ether oxygens (including phenoxy) is 1. The van der Waals surface area contributed by atoms with Gasteiger partial charge in [-0.25, -0.2) is 4.98 Å². The van der Waals surface area contributed by atoms with Gasteiger partial charge in [-0.3, -0.25) is 0 Å². The number of nitrogens with two attached hydrogens (primary N) is 1. The van der Waals surface area contributed by atoms with Gasteiger partial charge in [0.2, 0.25) is 5.88 Å². The van der Waals surface area contributed by atoms with Crippen LogP contribution in [0.3, 0.4) is 0 Å². The number of hydrogen-bond acceptors (Lipinski definition) is 3. The van der Waals surface area contributed by atoms with Crippen LogP contribution in [0, 0.1) is 13.8 Å². The molecule has 0 saturated carbocycles. The number of aryl methyl sites for hydroxylation is 2. The smallest absolute Gasteiger partial charge is 0.219 e. The van der Waals surface area contributed by atoms with Gasteiger partial charge in [-0.2, -0.15) is 0 Å². The van der Waals surface area contributed by atoms with Crippen LogP contribution in [0.2, 0.25) is 0 Å². The van der Waals surface area contributed by atoms with Crippen LogP contribution in [-0.2, 0) is 0 Å². The Kier molecular flexibility index (Phi) is 4.17. The average Bonchev–Trinajstić information content (AvgIpc) is 2.36. The van der Waals surface area contributed by atoms with E-state index in [4.69, 9.17) is 22.7 Å². The third-order valence-electron chi connectivity index (χ3n) is 2.61. The topological polar surface area (TPSA) is 48.1 Å². The zero-order valence-corrected chi connectivity index (χ0v) is 13.0. The first-order valence-corrected chi connectivity index (χ1v) is 6.89. The molecule has 0 aliphatic heterocycles. The number of pyridine rings is 1. The van der Waals surface area contributed by atoms with Gasteiger partial charge in [0.25, 0.3) is 0 Å². The van der Waals surface area contributed by atoms with Crippen LogP contribution in [0.15, 0.2) is 34.8 Å². The molecule has 1 aromatic carbocycles. The molecule has 0 radical (unpaired) electrons. The second-order valence-electron chi connectivity index (χ2n) is 4.20. The molecule has 5 heteroatoms. The number of benzene rings is 1. The maximum Gasteiger partial charge on any atom is 0.219 e. The van der Waals surface area contributed by atoms with Crippen molar-refractivity contribution in [2.45, 2.75) is 13.8 Å². The second kappa shape index (κ2) is 5.67. The van der Waals surface area contributed by atoms with Crippen LogP contribution in [0.5, 0.6) is 11.6 Å². The van der Waals surface area contributed by atoms with Crippen molar-refractivity contribution in [2.24, 2.45) is 5.73 Å². The van der Waals surface area contributed by atoms with Gasteiger partial charge < -0.3 is 10.5 Å². The Morgan fingerprint density at radius 2 is 1.89 bits per heavy atom. The number of aromatic nitrogens is 1. The van der Waals surface area contributed by atoms with E-state index >= 15 is 0 Å². The first-order valence-electron chi connectivity index (χ1n) is 5.69. The average molecular weight is 337 g/mol. The van der Waals surface area contributed by atoms with Crippen LogP contribution in [0.4, 0.5) is 0 Å². The molecule has 0 amide bonds. The van der Waals surface area contributed by atoms with Crippen LogP contribution in [0.25, 0.3) is 0 Å². The Bertz CT molecular complexity index is 620. The highest BCUT2D eigenvalue weighted by Crippen LogP contribution is 2.28. The molecule has 0 atom stereocenters. The molecular weight excluding hydrogens is 324 g/mol. The van der Waals surface area contributed by atoms with Crippen molar-refractivity contribution in [1.82, 2.24) is 4.98 Å². The van der Waals surface area contributed by atoms with Crippen LogP contribution in [0.1, 0.15) is 16.8 Å². The molecule has 2 aromatic rings. The highest BCUT2D eigenvalue weighted by Gasteiger charge is 2.06. The lowest BCUT2D eigenvalue weighted by molar-refractivity contribution is 0.462. The molecule has 0 fully saturated rings. The highest BCUT2D eigenvalue weighted by atomic mass is 79.9. The van der Waals surface area contributed by atoms with Gasteiger partial charge in [-0.05, 0) is 43.2 Å². The van der Waals surface area contributed by atoms with Gasteiger partial charge in [0.1, 0.15) is 16.4 Å². The molecule has 0 unspecified atom stereocenters. The number of thiocarbonyl (C=S) groups is 1. The monoisotopic (exact) mass is 336 g/mol. The molecule has 0 aliphatic carbocycles. The molecule has 0 aliphatic rings. The van der Waals surface area contributed by atoms with Gasteiger partial charge in [0.15, 0.2) is 0 Å². The van der Waals surface area contributed by atoms with Crippen molar-refractivity contribution in [3.63, 3.8) is 0 Å². The van der Waals surface area contributed by atoms with Gasteiger partial charge in [-0.15, -0.1) is 0 Å². The summed E-state index contributed by atoms with van der Waals surface area (Å²) in [7, 11) is 0. The summed E-state index contributed by atoms with van der Waals surface area (Å²) in [5, 5.41) is 0. The SMILES string of the molecule is Cc1cc(Oc2cccc(C(N)=S)n2)cc(C)c1Br. The van der Waals surface area contributed by atoms with E-state index in [1.165, 1.54) is 0 Å². The third kappa shape index (κ3) is 3.30. The summed E-state index contributed by atoms with van der Waals surface area (Å²) in [6, 6.07) is 9.25. The van der Waals surface area contributed by atoms with Crippen molar-refractivity contribution in [2.75, 3.05) is 0 Å². The predicted octanol–water partition coefficient (Wildman–Crippen LogP) is 3.89. The van der Waals surface area contributed by atoms with E-state index in [-0.39, 0.29) is 4.99 Å². The standard InChI is InChI=1S/C14H13BrN2OS/c1-8-6-10(7-9(2)13(8)15)18-12-5-3-4-11(17-12)14(16)19/h3-7H,1-2H3,(H2,16,19). The fourth-order valence-corrected chi connectivity index (χ4v) is 2.04. The fourth-order valence-electron chi connectivity index (χ4n) is 1.69. The third-order valence-corrected chi connectivity index (χ3v) is 4.07.